The highest BCUT2D eigenvalue weighted by Crippen LogP contribution is 2.45. The van der Waals surface area contributed by atoms with Gasteiger partial charge in [-0.25, -0.2) is 0 Å². The number of fused-ring (bicyclic) bond motifs is 2. The Balaban J connectivity index is 1.88. The van der Waals surface area contributed by atoms with E-state index in [1.807, 2.05) is 0 Å². The van der Waals surface area contributed by atoms with Crippen LogP contribution in [-0.2, 0) is 17.6 Å². The molecule has 2 heterocycles. The largest absolute Gasteiger partial charge is 0.489 e. The number of hydrogen-bond acceptors (Lipinski definition) is 8. The first-order valence-electron chi connectivity index (χ1n) is 12.0. The molecule has 2 aromatic rings. The number of aliphatic hydroxyl groups excluding tert-OH is 1. The Labute approximate surface area is 202 Å². The van der Waals surface area contributed by atoms with Crippen molar-refractivity contribution in [3.8, 4) is 11.5 Å². The molecule has 190 valence electrons. The van der Waals surface area contributed by atoms with Crippen molar-refractivity contribution < 1.29 is 28.9 Å². The number of carbonyl (C=O) groups is 1. The lowest BCUT2D eigenvalue weighted by Crippen LogP contribution is -2.39. The van der Waals surface area contributed by atoms with Crippen molar-refractivity contribution in [2.24, 2.45) is 16.5 Å². The summed E-state index contributed by atoms with van der Waals surface area (Å²) in [5.41, 5.74) is 10.1. The van der Waals surface area contributed by atoms with E-state index in [1.165, 1.54) is 0 Å². The summed E-state index contributed by atoms with van der Waals surface area (Å²) >= 11 is 0. The number of aliphatic hydroxyl groups is 2. The second-order valence-electron chi connectivity index (χ2n) is 9.80. The average molecular weight is 488 g/mol. The second kappa shape index (κ2) is 9.87. The van der Waals surface area contributed by atoms with Crippen molar-refractivity contribution in [1.29, 1.82) is 0 Å². The van der Waals surface area contributed by atoms with Gasteiger partial charge in [0.25, 0.3) is 0 Å². The minimum Gasteiger partial charge on any atom is -0.489 e. The Morgan fingerprint density at radius 3 is 2.69 bits per heavy atom. The van der Waals surface area contributed by atoms with Crippen LogP contribution in [0.2, 0.25) is 0 Å². The fraction of sp³-hybridized carbons (Fsp3) is 0.560. The quantitative estimate of drug-likeness (QED) is 0.233. The third kappa shape index (κ3) is 5.13. The first-order chi connectivity index (χ1) is 16.6. The van der Waals surface area contributed by atoms with Gasteiger partial charge in [0.2, 0.25) is 0 Å². The van der Waals surface area contributed by atoms with Crippen molar-refractivity contribution in [3.05, 3.63) is 33.2 Å². The average Bonchev–Trinajstić information content (AvgIpc) is 3.44. The first-order valence-corrected chi connectivity index (χ1v) is 12.0. The molecule has 6 N–H and O–H groups in total. The Bertz CT molecular complexity index is 1190. The number of benzene rings is 1. The van der Waals surface area contributed by atoms with Crippen LogP contribution in [0.5, 0.6) is 11.5 Å². The molecule has 1 saturated carbocycles. The molecule has 1 aromatic carbocycles. The summed E-state index contributed by atoms with van der Waals surface area (Å²) in [6, 6.07) is 1.59. The highest BCUT2D eigenvalue weighted by atomic mass is 16.5. The fourth-order valence-corrected chi connectivity index (χ4v) is 4.76. The SMILES string of the molecule is CC(C)(O)[C@H]1Cc2c(cc3oc([C@H](O)CCN=C(N)N)c(CC=O)c(=O)c3c2OC2CCCC2)O1. The zero-order valence-electron chi connectivity index (χ0n) is 20.1. The molecule has 1 aliphatic heterocycles. The highest BCUT2D eigenvalue weighted by Gasteiger charge is 2.39. The van der Waals surface area contributed by atoms with Crippen LogP contribution >= 0.6 is 0 Å². The van der Waals surface area contributed by atoms with E-state index in [0.29, 0.717) is 29.8 Å². The molecule has 0 saturated heterocycles. The number of ether oxygens (including phenoxy) is 2. The van der Waals surface area contributed by atoms with E-state index in [-0.39, 0.29) is 53.7 Å². The Morgan fingerprint density at radius 1 is 1.34 bits per heavy atom. The van der Waals surface area contributed by atoms with Gasteiger partial charge < -0.3 is 40.4 Å². The number of carbonyl (C=O) groups excluding carboxylic acids is 1. The van der Waals surface area contributed by atoms with Crippen LogP contribution in [0, 0.1) is 0 Å². The van der Waals surface area contributed by atoms with E-state index in [2.05, 4.69) is 4.99 Å². The third-order valence-corrected chi connectivity index (χ3v) is 6.65. The number of aliphatic imine (C=N–C) groups is 1. The van der Waals surface area contributed by atoms with Crippen LogP contribution in [0.4, 0.5) is 0 Å². The van der Waals surface area contributed by atoms with Gasteiger partial charge in [0.15, 0.2) is 11.4 Å². The van der Waals surface area contributed by atoms with E-state index in [1.54, 1.807) is 19.9 Å². The predicted molar refractivity (Wildman–Crippen MR) is 130 cm³/mol. The third-order valence-electron chi connectivity index (χ3n) is 6.65. The smallest absolute Gasteiger partial charge is 0.200 e. The number of rotatable bonds is 9. The number of hydrogen-bond donors (Lipinski definition) is 4. The summed E-state index contributed by atoms with van der Waals surface area (Å²) in [7, 11) is 0. The van der Waals surface area contributed by atoms with E-state index in [9.17, 15) is 19.8 Å². The van der Waals surface area contributed by atoms with Crippen LogP contribution in [0.15, 0.2) is 20.3 Å². The van der Waals surface area contributed by atoms with Gasteiger partial charge in [-0.1, -0.05) is 0 Å². The van der Waals surface area contributed by atoms with Gasteiger partial charge in [-0.15, -0.1) is 0 Å². The molecular weight excluding hydrogens is 454 g/mol. The molecule has 1 fully saturated rings. The summed E-state index contributed by atoms with van der Waals surface area (Å²) < 4.78 is 18.5. The summed E-state index contributed by atoms with van der Waals surface area (Å²) in [5, 5.41) is 21.5. The zero-order chi connectivity index (χ0) is 25.3. The van der Waals surface area contributed by atoms with E-state index in [4.69, 9.17) is 25.4 Å². The number of guanidine groups is 1. The first kappa shape index (κ1) is 25.0. The zero-order valence-corrected chi connectivity index (χ0v) is 20.1. The van der Waals surface area contributed by atoms with Gasteiger partial charge in [0.1, 0.15) is 46.7 Å². The number of nitrogens with two attached hydrogens (primary N) is 2. The Kier molecular flexibility index (Phi) is 7.05. The standard InChI is InChI=1S/C25H33N3O7/c1-25(2,32)19-11-15-17(34-19)12-18-20(23(15)33-13-5-3-4-6-13)21(31)14(8-10-29)22(35-18)16(30)7-9-28-24(26)27/h10,12-13,16,19,30,32H,3-9,11H2,1-2H3,(H4,26,27,28)/t16-,19-/m1/s1. The summed E-state index contributed by atoms with van der Waals surface area (Å²) in [4.78, 5) is 29.0. The topological polar surface area (TPSA) is 171 Å². The molecule has 2 atom stereocenters. The Morgan fingerprint density at radius 2 is 2.06 bits per heavy atom. The molecule has 1 aliphatic carbocycles. The van der Waals surface area contributed by atoms with E-state index in [0.717, 1.165) is 25.7 Å². The van der Waals surface area contributed by atoms with Crippen molar-refractivity contribution in [3.63, 3.8) is 0 Å². The van der Waals surface area contributed by atoms with Gasteiger partial charge in [0, 0.05) is 43.0 Å². The number of aldehydes is 1. The van der Waals surface area contributed by atoms with Crippen LogP contribution < -0.4 is 26.4 Å². The molecule has 0 spiro atoms. The maximum absolute atomic E-state index is 13.7. The van der Waals surface area contributed by atoms with Gasteiger partial charge >= 0.3 is 0 Å². The molecule has 35 heavy (non-hydrogen) atoms. The van der Waals surface area contributed by atoms with Gasteiger partial charge in [0.05, 0.1) is 11.7 Å². The van der Waals surface area contributed by atoms with Crippen LogP contribution in [-0.4, -0.2) is 46.8 Å². The van der Waals surface area contributed by atoms with E-state index < -0.39 is 23.2 Å². The monoisotopic (exact) mass is 487 g/mol. The van der Waals surface area contributed by atoms with Crippen molar-refractivity contribution in [2.45, 2.75) is 82.7 Å². The summed E-state index contributed by atoms with van der Waals surface area (Å²) in [6.07, 6.45) is 2.85. The van der Waals surface area contributed by atoms with Crippen molar-refractivity contribution >= 4 is 23.2 Å². The highest BCUT2D eigenvalue weighted by molar-refractivity contribution is 5.88. The van der Waals surface area contributed by atoms with Crippen molar-refractivity contribution in [1.82, 2.24) is 0 Å². The summed E-state index contributed by atoms with van der Waals surface area (Å²) in [6.45, 7) is 3.44. The molecular formula is C25H33N3O7. The second-order valence-corrected chi connectivity index (χ2v) is 9.80. The van der Waals surface area contributed by atoms with Crippen LogP contribution in [0.1, 0.15) is 68.9 Å². The predicted octanol–water partition coefficient (Wildman–Crippen LogP) is 1.63. The molecule has 2 aliphatic rings. The lowest BCUT2D eigenvalue weighted by Gasteiger charge is -2.24. The normalized spacial score (nSPS) is 18.8. The maximum atomic E-state index is 13.7. The summed E-state index contributed by atoms with van der Waals surface area (Å²) in [5.74, 6) is 0.709. The van der Waals surface area contributed by atoms with Crippen molar-refractivity contribution in [2.75, 3.05) is 6.54 Å². The molecule has 10 nitrogen and oxygen atoms in total. The van der Waals surface area contributed by atoms with Gasteiger partial charge in [-0.2, -0.15) is 0 Å². The lowest BCUT2D eigenvalue weighted by atomic mass is 9.95. The van der Waals surface area contributed by atoms with Crippen LogP contribution in [0.25, 0.3) is 11.0 Å². The molecule has 0 bridgehead atoms. The van der Waals surface area contributed by atoms with Gasteiger partial charge in [-0.05, 0) is 39.5 Å². The minimum absolute atomic E-state index is 0.0100. The van der Waals surface area contributed by atoms with Gasteiger partial charge in [-0.3, -0.25) is 9.79 Å². The fourth-order valence-electron chi connectivity index (χ4n) is 4.76. The molecule has 10 heteroatoms. The number of nitrogens with zero attached hydrogens (tertiary/aromatic N) is 1. The molecule has 4 rings (SSSR count). The molecule has 0 amide bonds. The Hall–Kier alpha value is -3.11. The molecule has 0 unspecified atom stereocenters. The lowest BCUT2D eigenvalue weighted by molar-refractivity contribution is -0.107. The maximum Gasteiger partial charge on any atom is 0.200 e. The van der Waals surface area contributed by atoms with E-state index >= 15 is 0 Å². The molecule has 1 aromatic heterocycles. The van der Waals surface area contributed by atoms with Crippen LogP contribution in [0.3, 0.4) is 0 Å². The molecule has 0 radical (unpaired) electrons. The minimum atomic E-state index is -1.21.